The first-order valence-electron chi connectivity index (χ1n) is 5.43. The number of pyridine rings is 1. The normalized spacial score (nSPS) is 10.0. The Hall–Kier alpha value is -2.11. The van der Waals surface area contributed by atoms with E-state index in [9.17, 15) is 14.7 Å². The zero-order valence-electron chi connectivity index (χ0n) is 10.8. The van der Waals surface area contributed by atoms with E-state index in [0.29, 0.717) is 22.6 Å². The number of aryl methyl sites for hydroxylation is 1. The number of carbonyl (C=O) groups excluding carboxylic acids is 2. The lowest BCUT2D eigenvalue weighted by Gasteiger charge is -2.12. The molecule has 0 unspecified atom stereocenters. The summed E-state index contributed by atoms with van der Waals surface area (Å²) in [7, 11) is 0. The average Bonchev–Trinajstić information content (AvgIpc) is 2.30. The number of amides is 1. The lowest BCUT2D eigenvalue weighted by molar-refractivity contribution is -0.144. The molecule has 0 atom stereocenters. The van der Waals surface area contributed by atoms with Crippen LogP contribution in [-0.2, 0) is 14.3 Å². The number of nitrogens with zero attached hydrogens (tertiary/aromatic N) is 1. The van der Waals surface area contributed by atoms with Crippen molar-refractivity contribution in [3.05, 3.63) is 16.8 Å². The summed E-state index contributed by atoms with van der Waals surface area (Å²) >= 11 is 0. The van der Waals surface area contributed by atoms with Crippen LogP contribution in [0.25, 0.3) is 0 Å². The van der Waals surface area contributed by atoms with Crippen LogP contribution in [0.15, 0.2) is 0 Å². The lowest BCUT2D eigenvalue weighted by Crippen LogP contribution is -2.21. The number of hydrogen-bond acceptors (Lipinski definition) is 5. The van der Waals surface area contributed by atoms with Gasteiger partial charge in [0.15, 0.2) is 6.61 Å². The maximum absolute atomic E-state index is 11.5. The van der Waals surface area contributed by atoms with E-state index in [1.165, 1.54) is 6.92 Å². The lowest BCUT2D eigenvalue weighted by atomic mass is 10.1. The number of hydrogen-bond donors (Lipinski definition) is 2. The van der Waals surface area contributed by atoms with Crippen molar-refractivity contribution in [2.45, 2.75) is 27.7 Å². The van der Waals surface area contributed by atoms with Gasteiger partial charge in [-0.15, -0.1) is 0 Å². The van der Waals surface area contributed by atoms with Crippen molar-refractivity contribution in [2.24, 2.45) is 0 Å². The smallest absolute Gasteiger partial charge is 0.303 e. The first kappa shape index (κ1) is 14.0. The minimum absolute atomic E-state index is 0.116. The van der Waals surface area contributed by atoms with Crippen LogP contribution in [0, 0.1) is 20.8 Å². The van der Waals surface area contributed by atoms with E-state index < -0.39 is 11.9 Å². The van der Waals surface area contributed by atoms with Gasteiger partial charge in [0.2, 0.25) is 0 Å². The first-order valence-corrected chi connectivity index (χ1v) is 5.43. The molecule has 1 heterocycles. The molecular weight excluding hydrogens is 236 g/mol. The standard InChI is InChI=1S/C12H16N2O4/c1-6-7(2)12(13-8(3)11(6)17)14-10(16)5-18-9(4)15/h17H,5H2,1-4H3,(H,13,14,16). The SMILES string of the molecule is CC(=O)OCC(=O)Nc1nc(C)c(O)c(C)c1C. The molecule has 0 aliphatic heterocycles. The minimum Gasteiger partial charge on any atom is -0.506 e. The van der Waals surface area contributed by atoms with Crippen LogP contribution in [0.4, 0.5) is 5.82 Å². The molecule has 1 rings (SSSR count). The molecule has 0 spiro atoms. The van der Waals surface area contributed by atoms with E-state index in [4.69, 9.17) is 0 Å². The third kappa shape index (κ3) is 3.19. The second kappa shape index (κ2) is 5.48. The fourth-order valence-electron chi connectivity index (χ4n) is 1.39. The van der Waals surface area contributed by atoms with Gasteiger partial charge in [-0.05, 0) is 31.9 Å². The summed E-state index contributed by atoms with van der Waals surface area (Å²) in [5.74, 6) is -0.511. The Morgan fingerprint density at radius 2 is 1.89 bits per heavy atom. The van der Waals surface area contributed by atoms with Gasteiger partial charge in [-0.1, -0.05) is 0 Å². The molecule has 0 radical (unpaired) electrons. The average molecular weight is 252 g/mol. The number of carbonyl (C=O) groups is 2. The molecule has 0 bridgehead atoms. The Bertz CT molecular complexity index is 497. The zero-order valence-corrected chi connectivity index (χ0v) is 10.8. The summed E-state index contributed by atoms with van der Waals surface area (Å²) in [6.07, 6.45) is 0. The molecular formula is C12H16N2O4. The van der Waals surface area contributed by atoms with E-state index in [2.05, 4.69) is 15.0 Å². The zero-order chi connectivity index (χ0) is 13.9. The third-order valence-electron chi connectivity index (χ3n) is 2.56. The fourth-order valence-corrected chi connectivity index (χ4v) is 1.39. The predicted molar refractivity (Wildman–Crippen MR) is 65.4 cm³/mol. The number of aromatic nitrogens is 1. The summed E-state index contributed by atoms with van der Waals surface area (Å²) < 4.78 is 4.57. The Morgan fingerprint density at radius 1 is 1.28 bits per heavy atom. The summed E-state index contributed by atoms with van der Waals surface area (Å²) in [6, 6.07) is 0. The van der Waals surface area contributed by atoms with E-state index >= 15 is 0 Å². The van der Waals surface area contributed by atoms with Gasteiger partial charge in [-0.25, -0.2) is 4.98 Å². The van der Waals surface area contributed by atoms with Gasteiger partial charge in [0.1, 0.15) is 11.6 Å². The molecule has 0 saturated heterocycles. The van der Waals surface area contributed by atoms with E-state index in [1.54, 1.807) is 20.8 Å². The highest BCUT2D eigenvalue weighted by Gasteiger charge is 2.13. The van der Waals surface area contributed by atoms with E-state index in [1.807, 2.05) is 0 Å². The topological polar surface area (TPSA) is 88.5 Å². The summed E-state index contributed by atoms with van der Waals surface area (Å²) in [5, 5.41) is 12.2. The highest BCUT2D eigenvalue weighted by atomic mass is 16.5. The second-order valence-corrected chi connectivity index (χ2v) is 3.97. The maximum atomic E-state index is 11.5. The van der Waals surface area contributed by atoms with Gasteiger partial charge in [0.25, 0.3) is 5.91 Å². The van der Waals surface area contributed by atoms with Crippen LogP contribution in [0.2, 0.25) is 0 Å². The fraction of sp³-hybridized carbons (Fsp3) is 0.417. The highest BCUT2D eigenvalue weighted by Crippen LogP contribution is 2.27. The van der Waals surface area contributed by atoms with Gasteiger partial charge >= 0.3 is 5.97 Å². The number of ether oxygens (including phenoxy) is 1. The van der Waals surface area contributed by atoms with Crippen LogP contribution in [0.5, 0.6) is 5.75 Å². The molecule has 0 fully saturated rings. The number of aromatic hydroxyl groups is 1. The van der Waals surface area contributed by atoms with Crippen LogP contribution in [0.3, 0.4) is 0 Å². The largest absolute Gasteiger partial charge is 0.506 e. The van der Waals surface area contributed by atoms with Gasteiger partial charge in [0.05, 0.1) is 5.69 Å². The molecule has 0 aromatic carbocycles. The van der Waals surface area contributed by atoms with Crippen molar-refractivity contribution in [3.63, 3.8) is 0 Å². The Labute approximate surface area is 105 Å². The number of nitrogens with one attached hydrogen (secondary N) is 1. The molecule has 1 aromatic rings. The van der Waals surface area contributed by atoms with Crippen molar-refractivity contribution in [1.29, 1.82) is 0 Å². The van der Waals surface area contributed by atoms with Crippen LogP contribution in [-0.4, -0.2) is 28.6 Å². The van der Waals surface area contributed by atoms with Crippen molar-refractivity contribution in [3.8, 4) is 5.75 Å². The predicted octanol–water partition coefficient (Wildman–Crippen LogP) is 1.21. The second-order valence-electron chi connectivity index (χ2n) is 3.97. The Kier molecular flexibility index (Phi) is 4.25. The molecule has 98 valence electrons. The quantitative estimate of drug-likeness (QED) is 0.789. The molecule has 0 saturated carbocycles. The van der Waals surface area contributed by atoms with Crippen LogP contribution in [0.1, 0.15) is 23.7 Å². The molecule has 6 heteroatoms. The van der Waals surface area contributed by atoms with Gasteiger partial charge in [-0.2, -0.15) is 0 Å². The van der Waals surface area contributed by atoms with E-state index in [-0.39, 0.29) is 12.4 Å². The van der Waals surface area contributed by atoms with Crippen molar-refractivity contribution in [1.82, 2.24) is 4.98 Å². The Balaban J connectivity index is 2.85. The highest BCUT2D eigenvalue weighted by molar-refractivity contribution is 5.92. The molecule has 6 nitrogen and oxygen atoms in total. The molecule has 0 aliphatic rings. The summed E-state index contributed by atoms with van der Waals surface area (Å²) in [5.41, 5.74) is 1.76. The molecule has 1 amide bonds. The van der Waals surface area contributed by atoms with Crippen LogP contribution >= 0.6 is 0 Å². The third-order valence-corrected chi connectivity index (χ3v) is 2.56. The molecule has 0 aliphatic carbocycles. The number of anilines is 1. The Morgan fingerprint density at radius 3 is 2.44 bits per heavy atom. The van der Waals surface area contributed by atoms with Gasteiger partial charge in [-0.3, -0.25) is 9.59 Å². The van der Waals surface area contributed by atoms with Gasteiger partial charge < -0.3 is 15.2 Å². The summed E-state index contributed by atoms with van der Waals surface area (Å²) in [6.45, 7) is 5.99. The van der Waals surface area contributed by atoms with Crippen molar-refractivity contribution >= 4 is 17.7 Å². The summed E-state index contributed by atoms with van der Waals surface area (Å²) in [4.78, 5) is 26.1. The maximum Gasteiger partial charge on any atom is 0.303 e. The molecule has 18 heavy (non-hydrogen) atoms. The monoisotopic (exact) mass is 252 g/mol. The first-order chi connectivity index (χ1) is 8.32. The van der Waals surface area contributed by atoms with Gasteiger partial charge in [0, 0.05) is 6.92 Å². The molecule has 2 N–H and O–H groups in total. The van der Waals surface area contributed by atoms with E-state index in [0.717, 1.165) is 0 Å². The number of rotatable bonds is 3. The van der Waals surface area contributed by atoms with Crippen molar-refractivity contribution in [2.75, 3.05) is 11.9 Å². The van der Waals surface area contributed by atoms with Crippen molar-refractivity contribution < 1.29 is 19.4 Å². The minimum atomic E-state index is -0.520. The molecule has 1 aromatic heterocycles. The number of esters is 1. The van der Waals surface area contributed by atoms with Crippen LogP contribution < -0.4 is 5.32 Å².